The quantitative estimate of drug-likeness (QED) is 0.848. The molecule has 6 heteroatoms. The summed E-state index contributed by atoms with van der Waals surface area (Å²) in [6.07, 6.45) is 3.98. The minimum Gasteiger partial charge on any atom is -0.378 e. The summed E-state index contributed by atoms with van der Waals surface area (Å²) in [6.45, 7) is 3.58. The van der Waals surface area contributed by atoms with Gasteiger partial charge in [-0.05, 0) is 12.8 Å². The number of ether oxygens (including phenoxy) is 1. The summed E-state index contributed by atoms with van der Waals surface area (Å²) < 4.78 is 5.92. The number of aromatic nitrogens is 1. The number of nitrogens with zero attached hydrogens (tertiary/aromatic N) is 3. The molecular weight excluding hydrogens is 286 g/mol. The van der Waals surface area contributed by atoms with E-state index in [0.29, 0.717) is 5.92 Å². The Hall–Kier alpha value is -0.980. The number of rotatable bonds is 3. The minimum absolute atomic E-state index is 0.109. The van der Waals surface area contributed by atoms with Crippen molar-refractivity contribution in [3.63, 3.8) is 0 Å². The number of thiazole rings is 1. The zero-order valence-electron chi connectivity index (χ0n) is 12.7. The number of likely N-dealkylation sites (tertiary alicyclic amines) is 1. The van der Waals surface area contributed by atoms with Crippen molar-refractivity contribution in [2.75, 3.05) is 33.8 Å². The summed E-state index contributed by atoms with van der Waals surface area (Å²) in [5, 5.41) is 3.17. The van der Waals surface area contributed by atoms with Gasteiger partial charge in [0, 0.05) is 57.2 Å². The van der Waals surface area contributed by atoms with Gasteiger partial charge in [0.05, 0.1) is 12.6 Å². The van der Waals surface area contributed by atoms with Crippen LogP contribution in [0.4, 0.5) is 0 Å². The van der Waals surface area contributed by atoms with Crippen molar-refractivity contribution >= 4 is 17.2 Å². The second-order valence-corrected chi connectivity index (χ2v) is 7.13. The highest BCUT2D eigenvalue weighted by molar-refractivity contribution is 7.09. The Bertz CT molecular complexity index is 477. The number of hydrogen-bond donors (Lipinski definition) is 0. The number of piperidine rings is 1. The average Bonchev–Trinajstić information content (AvgIpc) is 2.98. The Labute approximate surface area is 129 Å². The molecule has 0 spiro atoms. The lowest BCUT2D eigenvalue weighted by molar-refractivity contribution is -0.149. The number of carbonyl (C=O) groups excluding carboxylic acids is 1. The predicted molar refractivity (Wildman–Crippen MR) is 82.0 cm³/mol. The molecule has 2 saturated heterocycles. The van der Waals surface area contributed by atoms with Gasteiger partial charge < -0.3 is 9.64 Å². The van der Waals surface area contributed by atoms with Crippen LogP contribution in [0.25, 0.3) is 0 Å². The lowest BCUT2D eigenvalue weighted by atomic mass is 9.79. The molecule has 1 aromatic rings. The molecule has 0 radical (unpaired) electrons. The van der Waals surface area contributed by atoms with Gasteiger partial charge in [-0.2, -0.15) is 0 Å². The van der Waals surface area contributed by atoms with Crippen molar-refractivity contribution in [2.45, 2.75) is 25.5 Å². The molecule has 0 aromatic carbocycles. The first-order valence-electron chi connectivity index (χ1n) is 7.58. The fourth-order valence-corrected chi connectivity index (χ4v) is 4.15. The Morgan fingerprint density at radius 1 is 1.52 bits per heavy atom. The summed E-state index contributed by atoms with van der Waals surface area (Å²) in [6, 6.07) is 0. The third-order valence-electron chi connectivity index (χ3n) is 4.55. The van der Waals surface area contributed by atoms with Crippen molar-refractivity contribution in [2.24, 2.45) is 11.8 Å². The molecule has 2 fully saturated rings. The number of amides is 1. The summed E-state index contributed by atoms with van der Waals surface area (Å²) >= 11 is 1.70. The van der Waals surface area contributed by atoms with E-state index in [1.165, 1.54) is 0 Å². The number of carbonyl (C=O) groups is 1. The van der Waals surface area contributed by atoms with E-state index in [9.17, 15) is 4.79 Å². The molecule has 0 saturated carbocycles. The van der Waals surface area contributed by atoms with Crippen LogP contribution in [0, 0.1) is 11.8 Å². The molecular formula is C15H23N3O2S. The van der Waals surface area contributed by atoms with E-state index in [-0.39, 0.29) is 17.9 Å². The van der Waals surface area contributed by atoms with Crippen molar-refractivity contribution in [1.29, 1.82) is 0 Å². The maximum Gasteiger partial charge on any atom is 0.225 e. The molecule has 2 aliphatic rings. The number of fused-ring (bicyclic) bond motifs is 1. The van der Waals surface area contributed by atoms with Gasteiger partial charge in [0.1, 0.15) is 5.01 Å². The Morgan fingerprint density at radius 3 is 3.10 bits per heavy atom. The standard InChI is InChI=1S/C15H23N3O2S/c1-17(2)15(19)11-4-7-20-13-3-6-18(9-12(11)13)10-14-16-5-8-21-14/h5,8,11-13H,3-4,6-7,9-10H2,1-2H3/t11-,12-,13-/m1/s1. The third-order valence-corrected chi connectivity index (χ3v) is 5.32. The highest BCUT2D eigenvalue weighted by Gasteiger charge is 2.42. The van der Waals surface area contributed by atoms with Crippen LogP contribution in [-0.2, 0) is 16.1 Å². The Kier molecular flexibility index (Phi) is 4.57. The monoisotopic (exact) mass is 309 g/mol. The molecule has 0 unspecified atom stereocenters. The van der Waals surface area contributed by atoms with E-state index in [4.69, 9.17) is 4.74 Å². The Balaban J connectivity index is 1.68. The maximum absolute atomic E-state index is 12.4. The molecule has 2 aliphatic heterocycles. The van der Waals surface area contributed by atoms with E-state index >= 15 is 0 Å². The fourth-order valence-electron chi connectivity index (χ4n) is 3.49. The fraction of sp³-hybridized carbons (Fsp3) is 0.733. The van der Waals surface area contributed by atoms with Crippen LogP contribution in [0.5, 0.6) is 0 Å². The van der Waals surface area contributed by atoms with Gasteiger partial charge in [0.15, 0.2) is 0 Å². The zero-order chi connectivity index (χ0) is 14.8. The summed E-state index contributed by atoms with van der Waals surface area (Å²) in [4.78, 5) is 20.9. The molecule has 1 aromatic heterocycles. The van der Waals surface area contributed by atoms with Gasteiger partial charge in [-0.3, -0.25) is 9.69 Å². The smallest absolute Gasteiger partial charge is 0.225 e. The topological polar surface area (TPSA) is 45.7 Å². The lowest BCUT2D eigenvalue weighted by Crippen LogP contribution is -2.52. The van der Waals surface area contributed by atoms with Crippen LogP contribution in [-0.4, -0.2) is 60.6 Å². The highest BCUT2D eigenvalue weighted by atomic mass is 32.1. The van der Waals surface area contributed by atoms with Gasteiger partial charge in [-0.1, -0.05) is 0 Å². The van der Waals surface area contributed by atoms with Crippen molar-refractivity contribution in [1.82, 2.24) is 14.8 Å². The van der Waals surface area contributed by atoms with Gasteiger partial charge in [-0.15, -0.1) is 11.3 Å². The first-order chi connectivity index (χ1) is 10.1. The summed E-state index contributed by atoms with van der Waals surface area (Å²) in [5.41, 5.74) is 0. The van der Waals surface area contributed by atoms with E-state index in [1.54, 1.807) is 16.2 Å². The molecule has 0 aliphatic carbocycles. The minimum atomic E-state index is 0.109. The SMILES string of the molecule is CN(C)C(=O)[C@@H]1CCO[C@@H]2CCN(Cc3nccs3)C[C@@H]21. The molecule has 3 atom stereocenters. The highest BCUT2D eigenvalue weighted by Crippen LogP contribution is 2.34. The number of hydrogen-bond acceptors (Lipinski definition) is 5. The first kappa shape index (κ1) is 14.9. The lowest BCUT2D eigenvalue weighted by Gasteiger charge is -2.44. The largest absolute Gasteiger partial charge is 0.378 e. The molecule has 21 heavy (non-hydrogen) atoms. The van der Waals surface area contributed by atoms with Crippen LogP contribution in [0.3, 0.4) is 0 Å². The molecule has 116 valence electrons. The molecule has 5 nitrogen and oxygen atoms in total. The molecule has 0 bridgehead atoms. The van der Waals surface area contributed by atoms with Crippen LogP contribution < -0.4 is 0 Å². The van der Waals surface area contributed by atoms with Gasteiger partial charge >= 0.3 is 0 Å². The van der Waals surface area contributed by atoms with Gasteiger partial charge in [0.2, 0.25) is 5.91 Å². The molecule has 3 heterocycles. The summed E-state index contributed by atoms with van der Waals surface area (Å²) in [7, 11) is 3.70. The average molecular weight is 309 g/mol. The van der Waals surface area contributed by atoms with Crippen LogP contribution >= 0.6 is 11.3 Å². The first-order valence-corrected chi connectivity index (χ1v) is 8.46. The van der Waals surface area contributed by atoms with Crippen molar-refractivity contribution < 1.29 is 9.53 Å². The third kappa shape index (κ3) is 3.27. The second-order valence-electron chi connectivity index (χ2n) is 6.15. The maximum atomic E-state index is 12.4. The van der Waals surface area contributed by atoms with Crippen molar-refractivity contribution in [3.05, 3.63) is 16.6 Å². The van der Waals surface area contributed by atoms with E-state index in [1.807, 2.05) is 25.7 Å². The van der Waals surface area contributed by atoms with Gasteiger partial charge in [-0.25, -0.2) is 4.98 Å². The van der Waals surface area contributed by atoms with Crippen LogP contribution in [0.15, 0.2) is 11.6 Å². The molecule has 0 N–H and O–H groups in total. The summed E-state index contributed by atoms with van der Waals surface area (Å²) in [5.74, 6) is 0.685. The van der Waals surface area contributed by atoms with E-state index in [2.05, 4.69) is 9.88 Å². The van der Waals surface area contributed by atoms with E-state index < -0.39 is 0 Å². The predicted octanol–water partition coefficient (Wildman–Crippen LogP) is 1.46. The normalized spacial score (nSPS) is 29.9. The zero-order valence-corrected chi connectivity index (χ0v) is 13.5. The van der Waals surface area contributed by atoms with Crippen molar-refractivity contribution in [3.8, 4) is 0 Å². The molecule has 1 amide bonds. The van der Waals surface area contributed by atoms with Crippen LogP contribution in [0.1, 0.15) is 17.8 Å². The van der Waals surface area contributed by atoms with Crippen LogP contribution in [0.2, 0.25) is 0 Å². The Morgan fingerprint density at radius 2 is 2.38 bits per heavy atom. The second kappa shape index (κ2) is 6.42. The molecule has 3 rings (SSSR count). The van der Waals surface area contributed by atoms with E-state index in [0.717, 1.165) is 44.1 Å². The van der Waals surface area contributed by atoms with Gasteiger partial charge in [0.25, 0.3) is 0 Å².